The number of esters is 2. The van der Waals surface area contributed by atoms with E-state index in [4.69, 9.17) is 9.47 Å². The highest BCUT2D eigenvalue weighted by Crippen LogP contribution is 2.22. The number of carbonyl (C=O) groups excluding carboxylic acids is 2. The molecule has 0 radical (unpaired) electrons. The zero-order chi connectivity index (χ0) is 33.2. The van der Waals surface area contributed by atoms with Crippen LogP contribution in [0.4, 0.5) is 0 Å². The van der Waals surface area contributed by atoms with Gasteiger partial charge in [0.15, 0.2) is 0 Å². The lowest BCUT2D eigenvalue weighted by Gasteiger charge is -2.22. The van der Waals surface area contributed by atoms with Crippen molar-refractivity contribution in [2.45, 2.75) is 158 Å². The van der Waals surface area contributed by atoms with E-state index in [9.17, 15) is 14.7 Å². The Morgan fingerprint density at radius 1 is 0.523 bits per heavy atom. The molecule has 0 aromatic rings. The van der Waals surface area contributed by atoms with Crippen molar-refractivity contribution >= 4 is 11.9 Å². The Kier molecular flexibility index (Phi) is 27.4. The second kappa shape index (κ2) is 28.1. The highest BCUT2D eigenvalue weighted by Gasteiger charge is 2.18. The summed E-state index contributed by atoms with van der Waals surface area (Å²) in [5.74, 6) is 3.29. The lowest BCUT2D eigenvalue weighted by molar-refractivity contribution is -0.146. The third-order valence-corrected chi connectivity index (χ3v) is 9.12. The SMILES string of the molecule is CC(C)CCC(COC(=O)CCCCCCCN(CCCCO)CCCCCC(=O)OCC(CCC(C)C)C(C)C)C(C)C. The third kappa shape index (κ3) is 26.1. The molecule has 0 spiro atoms. The Hall–Kier alpha value is -1.14. The quantitative estimate of drug-likeness (QED) is 0.0633. The minimum absolute atomic E-state index is 0.0371. The minimum atomic E-state index is -0.0466. The van der Waals surface area contributed by atoms with Gasteiger partial charge in [-0.3, -0.25) is 9.59 Å². The molecule has 44 heavy (non-hydrogen) atoms. The van der Waals surface area contributed by atoms with Crippen molar-refractivity contribution in [1.82, 2.24) is 4.90 Å². The van der Waals surface area contributed by atoms with Crippen molar-refractivity contribution in [2.75, 3.05) is 39.5 Å². The molecule has 6 nitrogen and oxygen atoms in total. The molecule has 0 aliphatic rings. The summed E-state index contributed by atoms with van der Waals surface area (Å²) in [4.78, 5) is 27.1. The van der Waals surface area contributed by atoms with Crippen LogP contribution in [0.3, 0.4) is 0 Å². The molecular weight excluding hydrogens is 550 g/mol. The van der Waals surface area contributed by atoms with Gasteiger partial charge in [-0.25, -0.2) is 0 Å². The predicted octanol–water partition coefficient (Wildman–Crippen LogP) is 9.47. The van der Waals surface area contributed by atoms with Gasteiger partial charge < -0.3 is 19.5 Å². The van der Waals surface area contributed by atoms with Crippen molar-refractivity contribution < 1.29 is 24.2 Å². The molecule has 2 unspecified atom stereocenters. The van der Waals surface area contributed by atoms with Crippen LogP contribution in [0.1, 0.15) is 158 Å². The molecule has 0 aliphatic heterocycles. The minimum Gasteiger partial charge on any atom is -0.465 e. The Morgan fingerprint density at radius 2 is 0.886 bits per heavy atom. The van der Waals surface area contributed by atoms with Gasteiger partial charge in [0.25, 0.3) is 0 Å². The number of unbranched alkanes of at least 4 members (excludes halogenated alkanes) is 7. The maximum absolute atomic E-state index is 12.3. The average Bonchev–Trinajstić information content (AvgIpc) is 2.95. The highest BCUT2D eigenvalue weighted by atomic mass is 16.5. The van der Waals surface area contributed by atoms with Crippen LogP contribution in [0.15, 0.2) is 0 Å². The molecule has 0 saturated heterocycles. The first-order valence-electron chi connectivity index (χ1n) is 18.6. The summed E-state index contributed by atoms with van der Waals surface area (Å²) in [7, 11) is 0. The fourth-order valence-corrected chi connectivity index (χ4v) is 5.56. The summed E-state index contributed by atoms with van der Waals surface area (Å²) in [6, 6.07) is 0. The van der Waals surface area contributed by atoms with Crippen LogP contribution in [0.5, 0.6) is 0 Å². The fraction of sp³-hybridized carbons (Fsp3) is 0.947. The Morgan fingerprint density at radius 3 is 1.27 bits per heavy atom. The molecule has 6 heteroatoms. The zero-order valence-electron chi connectivity index (χ0n) is 30.5. The first-order valence-corrected chi connectivity index (χ1v) is 18.6. The lowest BCUT2D eigenvalue weighted by Crippen LogP contribution is -2.27. The van der Waals surface area contributed by atoms with Gasteiger partial charge in [-0.2, -0.15) is 0 Å². The standard InChI is InChI=1S/C38H75NO5/c1-31(2)21-23-35(33(5)6)29-43-37(41)19-13-10-9-11-15-25-39(27-17-18-28-40)26-16-12-14-20-38(42)44-30-36(34(7)8)24-22-32(3)4/h31-36,40H,9-30H2,1-8H3. The second-order valence-corrected chi connectivity index (χ2v) is 14.9. The molecule has 1 N–H and O–H groups in total. The number of aliphatic hydroxyl groups excluding tert-OH is 1. The second-order valence-electron chi connectivity index (χ2n) is 14.9. The number of ether oxygens (including phenoxy) is 2. The van der Waals surface area contributed by atoms with Crippen molar-refractivity contribution in [3.8, 4) is 0 Å². The van der Waals surface area contributed by atoms with Crippen LogP contribution in [0.25, 0.3) is 0 Å². The van der Waals surface area contributed by atoms with Gasteiger partial charge in [-0.15, -0.1) is 0 Å². The molecule has 0 saturated carbocycles. The topological polar surface area (TPSA) is 76.1 Å². The summed E-state index contributed by atoms with van der Waals surface area (Å²) < 4.78 is 11.3. The van der Waals surface area contributed by atoms with Crippen LogP contribution < -0.4 is 0 Å². The van der Waals surface area contributed by atoms with Crippen molar-refractivity contribution in [3.63, 3.8) is 0 Å². The molecule has 0 bridgehead atoms. The Bertz CT molecular complexity index is 678. The molecule has 0 heterocycles. The Balaban J connectivity index is 4.13. The predicted molar refractivity (Wildman–Crippen MR) is 186 cm³/mol. The van der Waals surface area contributed by atoms with E-state index in [2.05, 4.69) is 60.3 Å². The van der Waals surface area contributed by atoms with Gasteiger partial charge in [0.2, 0.25) is 0 Å². The largest absolute Gasteiger partial charge is 0.465 e. The number of hydrogen-bond donors (Lipinski definition) is 1. The number of rotatable bonds is 30. The molecule has 262 valence electrons. The normalized spacial score (nSPS) is 13.4. The number of hydrogen-bond acceptors (Lipinski definition) is 6. The van der Waals surface area contributed by atoms with Crippen molar-refractivity contribution in [2.24, 2.45) is 35.5 Å². The van der Waals surface area contributed by atoms with Gasteiger partial charge in [0, 0.05) is 19.4 Å². The average molecular weight is 626 g/mol. The van der Waals surface area contributed by atoms with Crippen molar-refractivity contribution in [3.05, 3.63) is 0 Å². The maximum Gasteiger partial charge on any atom is 0.305 e. The van der Waals surface area contributed by atoms with E-state index >= 15 is 0 Å². The monoisotopic (exact) mass is 626 g/mol. The van der Waals surface area contributed by atoms with E-state index < -0.39 is 0 Å². The molecular formula is C38H75NO5. The smallest absolute Gasteiger partial charge is 0.305 e. The summed E-state index contributed by atoms with van der Waals surface area (Å²) in [6.07, 6.45) is 16.0. The lowest BCUT2D eigenvalue weighted by atomic mass is 9.89. The van der Waals surface area contributed by atoms with Gasteiger partial charge in [0.05, 0.1) is 13.2 Å². The first-order chi connectivity index (χ1) is 21.0. The van der Waals surface area contributed by atoms with Crippen LogP contribution in [-0.2, 0) is 19.1 Å². The molecule has 0 amide bonds. The Labute approximate surface area is 273 Å². The van der Waals surface area contributed by atoms with E-state index in [0.717, 1.165) is 90.3 Å². The van der Waals surface area contributed by atoms with Crippen LogP contribution in [0.2, 0.25) is 0 Å². The number of aliphatic hydroxyl groups is 1. The van der Waals surface area contributed by atoms with Crippen molar-refractivity contribution in [1.29, 1.82) is 0 Å². The van der Waals surface area contributed by atoms with Crippen LogP contribution in [-0.4, -0.2) is 61.4 Å². The zero-order valence-corrected chi connectivity index (χ0v) is 30.5. The fourth-order valence-electron chi connectivity index (χ4n) is 5.56. The molecule has 0 aliphatic carbocycles. The van der Waals surface area contributed by atoms with E-state index in [1.165, 1.54) is 19.3 Å². The molecule has 0 fully saturated rings. The molecule has 0 aromatic heterocycles. The van der Waals surface area contributed by atoms with Crippen LogP contribution in [0, 0.1) is 35.5 Å². The summed E-state index contributed by atoms with van der Waals surface area (Å²) in [6.45, 7) is 22.4. The van der Waals surface area contributed by atoms with Gasteiger partial charge >= 0.3 is 11.9 Å². The van der Waals surface area contributed by atoms with Gasteiger partial charge in [-0.05, 0) is 107 Å². The van der Waals surface area contributed by atoms with Gasteiger partial charge in [0.1, 0.15) is 0 Å². The van der Waals surface area contributed by atoms with E-state index in [1.54, 1.807) is 0 Å². The molecule has 2 atom stereocenters. The summed E-state index contributed by atoms with van der Waals surface area (Å²) >= 11 is 0. The van der Waals surface area contributed by atoms with E-state index in [-0.39, 0.29) is 18.5 Å². The molecule has 0 aromatic carbocycles. The maximum atomic E-state index is 12.3. The molecule has 0 rings (SSSR count). The van der Waals surface area contributed by atoms with Crippen LogP contribution >= 0.6 is 0 Å². The summed E-state index contributed by atoms with van der Waals surface area (Å²) in [5, 5.41) is 9.21. The van der Waals surface area contributed by atoms with E-state index in [0.29, 0.717) is 61.6 Å². The highest BCUT2D eigenvalue weighted by molar-refractivity contribution is 5.69. The van der Waals surface area contributed by atoms with Gasteiger partial charge in [-0.1, -0.05) is 93.9 Å². The first kappa shape index (κ1) is 42.9. The summed E-state index contributed by atoms with van der Waals surface area (Å²) in [5.41, 5.74) is 0. The number of carbonyl (C=O) groups is 2. The third-order valence-electron chi connectivity index (χ3n) is 9.12. The number of nitrogens with zero attached hydrogens (tertiary/aromatic N) is 1. The van der Waals surface area contributed by atoms with E-state index in [1.807, 2.05) is 0 Å².